The first-order valence-corrected chi connectivity index (χ1v) is 10.6. The number of hydrogen-bond acceptors (Lipinski definition) is 5. The topological polar surface area (TPSA) is 71.5 Å². The second-order valence-electron chi connectivity index (χ2n) is 6.80. The fourth-order valence-corrected chi connectivity index (χ4v) is 4.81. The van der Waals surface area contributed by atoms with Gasteiger partial charge in [0, 0.05) is 21.0 Å². The molecule has 1 atom stereocenters. The van der Waals surface area contributed by atoms with Gasteiger partial charge in [0.2, 0.25) is 0 Å². The van der Waals surface area contributed by atoms with Crippen molar-refractivity contribution in [1.29, 1.82) is 0 Å². The van der Waals surface area contributed by atoms with Crippen LogP contribution in [0.4, 0.5) is 4.79 Å². The Bertz CT molecular complexity index is 1100. The van der Waals surface area contributed by atoms with E-state index in [0.29, 0.717) is 5.69 Å². The Hall–Kier alpha value is -2.71. The number of ether oxygens (including phenoxy) is 1. The summed E-state index contributed by atoms with van der Waals surface area (Å²) in [5.74, 6) is 0.447. The van der Waals surface area contributed by atoms with Crippen molar-refractivity contribution in [1.82, 2.24) is 15.2 Å². The molecule has 0 spiro atoms. The first kappa shape index (κ1) is 19.6. The number of nitrogens with zero attached hydrogens (tertiary/aromatic N) is 2. The summed E-state index contributed by atoms with van der Waals surface area (Å²) in [6.07, 6.45) is 0. The molecule has 1 fully saturated rings. The quantitative estimate of drug-likeness (QED) is 0.554. The normalized spacial score (nSPS) is 18.8. The number of rotatable bonds is 5. The molecule has 0 bridgehead atoms. The second-order valence-corrected chi connectivity index (χ2v) is 8.51. The Labute approximate surface area is 180 Å². The van der Waals surface area contributed by atoms with Gasteiger partial charge in [-0.3, -0.25) is 9.69 Å². The van der Waals surface area contributed by atoms with E-state index in [1.165, 1.54) is 16.2 Å². The van der Waals surface area contributed by atoms with Gasteiger partial charge >= 0.3 is 6.03 Å². The average Bonchev–Trinajstić information content (AvgIpc) is 3.28. The molecule has 1 aliphatic heterocycles. The van der Waals surface area contributed by atoms with Crippen LogP contribution < -0.4 is 10.1 Å². The largest absolute Gasteiger partial charge is 0.497 e. The Balaban J connectivity index is 1.57. The molecule has 1 saturated heterocycles. The van der Waals surface area contributed by atoms with Crippen LogP contribution in [0.25, 0.3) is 10.6 Å². The smallest absolute Gasteiger partial charge is 0.325 e. The van der Waals surface area contributed by atoms with Crippen molar-refractivity contribution in [3.63, 3.8) is 0 Å². The molecule has 0 radical (unpaired) electrons. The molecule has 1 aliphatic rings. The molecule has 4 rings (SSSR count). The van der Waals surface area contributed by atoms with Crippen molar-refractivity contribution >= 4 is 39.2 Å². The molecule has 8 heteroatoms. The van der Waals surface area contributed by atoms with Crippen LogP contribution in [-0.2, 0) is 16.9 Å². The fourth-order valence-electron chi connectivity index (χ4n) is 3.32. The number of benzene rings is 2. The highest BCUT2D eigenvalue weighted by Gasteiger charge is 2.49. The zero-order chi connectivity index (χ0) is 20.6. The van der Waals surface area contributed by atoms with E-state index < -0.39 is 11.6 Å². The van der Waals surface area contributed by atoms with Crippen LogP contribution in [0.1, 0.15) is 18.2 Å². The van der Waals surface area contributed by atoms with Gasteiger partial charge in [0.15, 0.2) is 0 Å². The maximum Gasteiger partial charge on any atom is 0.325 e. The van der Waals surface area contributed by atoms with Gasteiger partial charge in [-0.15, -0.1) is 11.3 Å². The number of urea groups is 1. The molecule has 6 nitrogen and oxygen atoms in total. The molecule has 3 amide bonds. The maximum atomic E-state index is 13.1. The number of thiazole rings is 1. The summed E-state index contributed by atoms with van der Waals surface area (Å²) in [5, 5.41) is 5.50. The van der Waals surface area contributed by atoms with Crippen molar-refractivity contribution in [2.45, 2.75) is 19.0 Å². The summed E-state index contributed by atoms with van der Waals surface area (Å²) < 4.78 is 6.03. The molecule has 29 heavy (non-hydrogen) atoms. The van der Waals surface area contributed by atoms with E-state index in [1.807, 2.05) is 53.9 Å². The van der Waals surface area contributed by atoms with E-state index in [4.69, 9.17) is 4.74 Å². The summed E-state index contributed by atoms with van der Waals surface area (Å²) in [5.41, 5.74) is 1.18. The highest BCUT2D eigenvalue weighted by atomic mass is 79.9. The zero-order valence-corrected chi connectivity index (χ0v) is 18.2. The van der Waals surface area contributed by atoms with Gasteiger partial charge in [0.05, 0.1) is 19.3 Å². The van der Waals surface area contributed by atoms with E-state index in [0.717, 1.165) is 26.4 Å². The Morgan fingerprint density at radius 2 is 2.00 bits per heavy atom. The lowest BCUT2D eigenvalue weighted by atomic mass is 9.92. The predicted octanol–water partition coefficient (Wildman–Crippen LogP) is 4.55. The molecule has 2 aromatic carbocycles. The Morgan fingerprint density at radius 3 is 2.76 bits per heavy atom. The SMILES string of the molecule is COc1cccc(-c2nc(CN3C(=O)NC(C)(c4ccccc4Br)C3=O)cs2)c1. The molecule has 0 aliphatic carbocycles. The molecule has 1 unspecified atom stereocenters. The molecule has 148 valence electrons. The predicted molar refractivity (Wildman–Crippen MR) is 115 cm³/mol. The number of carbonyl (C=O) groups is 2. The number of nitrogens with one attached hydrogen (secondary N) is 1. The van der Waals surface area contributed by atoms with Crippen LogP contribution in [0.15, 0.2) is 58.4 Å². The molecule has 3 aromatic rings. The van der Waals surface area contributed by atoms with Crippen LogP contribution >= 0.6 is 27.3 Å². The Kier molecular flexibility index (Phi) is 5.14. The highest BCUT2D eigenvalue weighted by Crippen LogP contribution is 2.34. The van der Waals surface area contributed by atoms with E-state index in [-0.39, 0.29) is 12.5 Å². The third kappa shape index (κ3) is 3.54. The van der Waals surface area contributed by atoms with Gasteiger partial charge in [-0.2, -0.15) is 0 Å². The van der Waals surface area contributed by atoms with Crippen LogP contribution in [0.5, 0.6) is 5.75 Å². The first-order valence-electron chi connectivity index (χ1n) is 8.90. The number of halogens is 1. The fraction of sp³-hybridized carbons (Fsp3) is 0.190. The lowest BCUT2D eigenvalue weighted by Gasteiger charge is -2.23. The van der Waals surface area contributed by atoms with Gasteiger partial charge in [-0.25, -0.2) is 9.78 Å². The van der Waals surface area contributed by atoms with Gasteiger partial charge in [-0.1, -0.05) is 46.3 Å². The molecule has 2 heterocycles. The maximum absolute atomic E-state index is 13.1. The van der Waals surface area contributed by atoms with Gasteiger partial charge < -0.3 is 10.1 Å². The summed E-state index contributed by atoms with van der Waals surface area (Å²) in [4.78, 5) is 31.5. The lowest BCUT2D eigenvalue weighted by molar-refractivity contribution is -0.131. The summed E-state index contributed by atoms with van der Waals surface area (Å²) in [6, 6.07) is 14.6. The molecule has 1 aromatic heterocycles. The summed E-state index contributed by atoms with van der Waals surface area (Å²) in [7, 11) is 1.62. The molecular weight excluding hydrogens is 454 g/mol. The lowest BCUT2D eigenvalue weighted by Crippen LogP contribution is -2.41. The average molecular weight is 472 g/mol. The zero-order valence-electron chi connectivity index (χ0n) is 15.8. The van der Waals surface area contributed by atoms with Gasteiger partial charge in [0.1, 0.15) is 16.3 Å². The monoisotopic (exact) mass is 471 g/mol. The van der Waals surface area contributed by atoms with Crippen molar-refractivity contribution < 1.29 is 14.3 Å². The number of methoxy groups -OCH3 is 1. The highest BCUT2D eigenvalue weighted by molar-refractivity contribution is 9.10. The van der Waals surface area contributed by atoms with E-state index in [1.54, 1.807) is 14.0 Å². The second kappa shape index (κ2) is 7.61. The third-order valence-corrected chi connectivity index (χ3v) is 6.51. The minimum absolute atomic E-state index is 0.116. The standard InChI is InChI=1S/C21H18BrN3O3S/c1-21(16-8-3-4-9-17(16)22)19(26)25(20(27)24-21)11-14-12-29-18(23-14)13-6-5-7-15(10-13)28-2/h3-10,12H,11H2,1-2H3,(H,24,27). The van der Waals surface area contributed by atoms with Crippen molar-refractivity contribution in [2.24, 2.45) is 0 Å². The first-order chi connectivity index (χ1) is 13.9. The third-order valence-electron chi connectivity index (χ3n) is 4.88. The minimum Gasteiger partial charge on any atom is -0.497 e. The summed E-state index contributed by atoms with van der Waals surface area (Å²) in [6.45, 7) is 1.83. The molecular formula is C21H18BrN3O3S. The van der Waals surface area contributed by atoms with Crippen molar-refractivity contribution in [2.75, 3.05) is 7.11 Å². The number of aromatic nitrogens is 1. The van der Waals surface area contributed by atoms with E-state index in [2.05, 4.69) is 26.2 Å². The Morgan fingerprint density at radius 1 is 1.21 bits per heavy atom. The van der Waals surface area contributed by atoms with Gasteiger partial charge in [-0.05, 0) is 25.1 Å². The van der Waals surface area contributed by atoms with Crippen LogP contribution in [-0.4, -0.2) is 28.9 Å². The number of carbonyl (C=O) groups excluding carboxylic acids is 2. The van der Waals surface area contributed by atoms with E-state index >= 15 is 0 Å². The minimum atomic E-state index is -1.12. The van der Waals surface area contributed by atoms with E-state index in [9.17, 15) is 9.59 Å². The molecule has 0 saturated carbocycles. The van der Waals surface area contributed by atoms with Gasteiger partial charge in [0.25, 0.3) is 5.91 Å². The van der Waals surface area contributed by atoms with Crippen molar-refractivity contribution in [3.8, 4) is 16.3 Å². The number of imide groups is 1. The van der Waals surface area contributed by atoms with Crippen LogP contribution in [0, 0.1) is 0 Å². The molecule has 1 N–H and O–H groups in total. The van der Waals surface area contributed by atoms with Crippen LogP contribution in [0.2, 0.25) is 0 Å². The van der Waals surface area contributed by atoms with Crippen LogP contribution in [0.3, 0.4) is 0 Å². The summed E-state index contributed by atoms with van der Waals surface area (Å²) >= 11 is 4.94. The number of amides is 3. The van der Waals surface area contributed by atoms with Crippen molar-refractivity contribution in [3.05, 3.63) is 69.6 Å². The number of hydrogen-bond donors (Lipinski definition) is 1.